The molecule has 306 valence electrons. The van der Waals surface area contributed by atoms with E-state index in [0.29, 0.717) is 0 Å². The summed E-state index contributed by atoms with van der Waals surface area (Å²) in [5.41, 5.74) is 20.8. The number of allylic oxidation sites excluding steroid dienone is 2. The van der Waals surface area contributed by atoms with Gasteiger partial charge in [-0.15, -0.1) is 0 Å². The van der Waals surface area contributed by atoms with E-state index < -0.39 is 0 Å². The minimum atomic E-state index is -0.182. The van der Waals surface area contributed by atoms with Crippen molar-refractivity contribution in [2.75, 3.05) is 7.05 Å². The summed E-state index contributed by atoms with van der Waals surface area (Å²) in [4.78, 5) is 8.00. The van der Waals surface area contributed by atoms with Crippen LogP contribution in [-0.4, -0.2) is 28.4 Å². The lowest BCUT2D eigenvalue weighted by molar-refractivity contribution is 0.469. The number of aromatic nitrogens is 1. The molecule has 1 unspecified atom stereocenters. The Hall–Kier alpha value is -8.01. The maximum absolute atomic E-state index is 5.64. The summed E-state index contributed by atoms with van der Waals surface area (Å²) in [5.74, 6) is 0.948. The van der Waals surface area contributed by atoms with Crippen molar-refractivity contribution in [2.45, 2.75) is 25.3 Å². The molecule has 0 spiro atoms. The quantitative estimate of drug-likeness (QED) is 0.173. The van der Waals surface area contributed by atoms with Crippen molar-refractivity contribution in [3.8, 4) is 50.2 Å². The van der Waals surface area contributed by atoms with Crippen LogP contribution in [0.5, 0.6) is 0 Å². The largest absolute Gasteiger partial charge is 0.349 e. The van der Waals surface area contributed by atoms with Crippen LogP contribution in [-0.2, 0) is 5.41 Å². The summed E-state index contributed by atoms with van der Waals surface area (Å²) in [6.45, 7) is 4.80. The van der Waals surface area contributed by atoms with Gasteiger partial charge in [0.2, 0.25) is 0 Å². The molecule has 2 heterocycles. The summed E-state index contributed by atoms with van der Waals surface area (Å²) in [6, 6.07) is 65.8. The Morgan fingerprint density at radius 3 is 2.06 bits per heavy atom. The zero-order chi connectivity index (χ0) is 43.1. The number of fused-ring (bicyclic) bond motifs is 12. The van der Waals surface area contributed by atoms with Crippen LogP contribution in [0, 0.1) is 0 Å². The predicted octanol–water partition coefficient (Wildman–Crippen LogP) is 15.3. The van der Waals surface area contributed by atoms with Crippen LogP contribution in [0.4, 0.5) is 0 Å². The van der Waals surface area contributed by atoms with Crippen LogP contribution >= 0.6 is 0 Å². The molecule has 1 aliphatic heterocycles. The molecule has 0 saturated heterocycles. The lowest BCUT2D eigenvalue weighted by Gasteiger charge is -2.36. The standard InChI is InChI=1S/C62H43N3/c1-62(2)53-31-28-37-16-7-8-19-43(37)59(53)52-35-51-46-22-11-14-27-56(46)65(57(51)36-54(52)62)41-33-39(42-29-30-49-45-21-10-9-20-44(45)48-25-15-24-47(42)58(48)49)32-40(34-41)61-63-60(38-17-5-4-6-18-38)50-23-12-13-26-55(50)64(61)3/h4-36,55H,1-3H3. The van der Waals surface area contributed by atoms with E-state index in [1.807, 2.05) is 0 Å². The Kier molecular flexibility index (Phi) is 7.44. The van der Waals surface area contributed by atoms with E-state index >= 15 is 0 Å². The molecule has 1 atom stereocenters. The number of amidine groups is 1. The summed E-state index contributed by atoms with van der Waals surface area (Å²) >= 11 is 0. The van der Waals surface area contributed by atoms with Crippen molar-refractivity contribution >= 4 is 54.9 Å². The van der Waals surface area contributed by atoms with E-state index in [1.165, 1.54) is 99.0 Å². The van der Waals surface area contributed by atoms with E-state index in [0.717, 1.165) is 33.9 Å². The van der Waals surface area contributed by atoms with Gasteiger partial charge < -0.3 is 9.47 Å². The monoisotopic (exact) mass is 829 g/mol. The minimum absolute atomic E-state index is 0.0425. The van der Waals surface area contributed by atoms with Gasteiger partial charge in [-0.3, -0.25) is 0 Å². The molecule has 9 aromatic carbocycles. The number of rotatable bonds is 4. The normalized spacial score (nSPS) is 16.4. The van der Waals surface area contributed by atoms with E-state index in [1.54, 1.807) is 0 Å². The summed E-state index contributed by atoms with van der Waals surface area (Å²) in [6.07, 6.45) is 8.84. The Bertz CT molecular complexity index is 3840. The number of hydrogen-bond donors (Lipinski definition) is 0. The third kappa shape index (κ3) is 5.04. The highest BCUT2D eigenvalue weighted by molar-refractivity contribution is 6.19. The Balaban J connectivity index is 1.06. The Morgan fingerprint density at radius 2 is 1.20 bits per heavy atom. The van der Waals surface area contributed by atoms with Crippen LogP contribution in [0.1, 0.15) is 36.1 Å². The van der Waals surface area contributed by atoms with Crippen LogP contribution in [0.3, 0.4) is 0 Å². The number of likely N-dealkylation sites (N-methyl/N-ethyl adjacent to an activating group) is 1. The first-order valence-corrected chi connectivity index (χ1v) is 22.8. The van der Waals surface area contributed by atoms with Gasteiger partial charge in [0.25, 0.3) is 0 Å². The molecule has 14 rings (SSSR count). The molecule has 3 nitrogen and oxygen atoms in total. The van der Waals surface area contributed by atoms with Crippen LogP contribution in [0.25, 0.3) is 99.2 Å². The second-order valence-electron chi connectivity index (χ2n) is 18.7. The molecule has 0 saturated carbocycles. The van der Waals surface area contributed by atoms with Gasteiger partial charge in [0, 0.05) is 45.6 Å². The first kappa shape index (κ1) is 36.5. The van der Waals surface area contributed by atoms with E-state index in [4.69, 9.17) is 4.99 Å². The summed E-state index contributed by atoms with van der Waals surface area (Å²) in [7, 11) is 2.20. The molecule has 0 amide bonds. The lowest BCUT2D eigenvalue weighted by Crippen LogP contribution is -2.40. The SMILES string of the molecule is CN1C(c2cc(-c3ccc4c5c(cccc35)-c3ccccc3-4)cc(-n3c4ccccc4c4cc5c(cc43)C(C)(C)c3ccc4ccccc4c3-5)c2)=NC(c2ccccc2)=C2C=CC=CC21. The molecule has 3 aliphatic carbocycles. The fraction of sp³-hybridized carbons (Fsp3) is 0.0806. The third-order valence-electron chi connectivity index (χ3n) is 14.9. The number of aliphatic imine (C=N–C) groups is 1. The maximum Gasteiger partial charge on any atom is 0.137 e. The molecule has 0 radical (unpaired) electrons. The van der Waals surface area contributed by atoms with Gasteiger partial charge in [-0.05, 0) is 114 Å². The highest BCUT2D eigenvalue weighted by Gasteiger charge is 2.38. The molecular formula is C62H43N3. The molecule has 0 fully saturated rings. The molecule has 0 N–H and O–H groups in total. The zero-order valence-corrected chi connectivity index (χ0v) is 36.5. The van der Waals surface area contributed by atoms with Gasteiger partial charge in [0.05, 0.1) is 22.8 Å². The van der Waals surface area contributed by atoms with E-state index in [-0.39, 0.29) is 11.5 Å². The Morgan fingerprint density at radius 1 is 0.492 bits per heavy atom. The second-order valence-corrected chi connectivity index (χ2v) is 18.7. The number of hydrogen-bond acceptors (Lipinski definition) is 2. The number of benzene rings is 9. The topological polar surface area (TPSA) is 20.5 Å². The maximum atomic E-state index is 5.64. The average molecular weight is 830 g/mol. The molecule has 65 heavy (non-hydrogen) atoms. The molecule has 3 heteroatoms. The van der Waals surface area contributed by atoms with Gasteiger partial charge in [-0.2, -0.15) is 0 Å². The fourth-order valence-corrected chi connectivity index (χ4v) is 11.9. The minimum Gasteiger partial charge on any atom is -0.349 e. The molecular weight excluding hydrogens is 787 g/mol. The highest BCUT2D eigenvalue weighted by Crippen LogP contribution is 2.54. The highest BCUT2D eigenvalue weighted by atomic mass is 15.2. The van der Waals surface area contributed by atoms with Crippen LogP contribution < -0.4 is 0 Å². The molecule has 4 aliphatic rings. The first-order valence-electron chi connectivity index (χ1n) is 22.8. The Labute approximate surface area is 378 Å². The molecule has 1 aromatic heterocycles. The summed E-state index contributed by atoms with van der Waals surface area (Å²) in [5, 5.41) is 7.69. The molecule has 10 aromatic rings. The zero-order valence-electron chi connectivity index (χ0n) is 36.5. The average Bonchev–Trinajstić information content (AvgIpc) is 3.94. The molecule has 0 bridgehead atoms. The third-order valence-corrected chi connectivity index (χ3v) is 14.9. The van der Waals surface area contributed by atoms with Crippen molar-refractivity contribution < 1.29 is 0 Å². The van der Waals surface area contributed by atoms with Crippen molar-refractivity contribution in [1.82, 2.24) is 9.47 Å². The van der Waals surface area contributed by atoms with Crippen molar-refractivity contribution in [3.05, 3.63) is 228 Å². The van der Waals surface area contributed by atoms with Crippen LogP contribution in [0.2, 0.25) is 0 Å². The van der Waals surface area contributed by atoms with Gasteiger partial charge in [0.1, 0.15) is 5.84 Å². The van der Waals surface area contributed by atoms with Crippen LogP contribution in [0.15, 0.2) is 211 Å². The van der Waals surface area contributed by atoms with Gasteiger partial charge in [0.15, 0.2) is 0 Å². The smallest absolute Gasteiger partial charge is 0.137 e. The van der Waals surface area contributed by atoms with Gasteiger partial charge in [-0.25, -0.2) is 4.99 Å². The van der Waals surface area contributed by atoms with Crippen molar-refractivity contribution in [2.24, 2.45) is 4.99 Å². The lowest BCUT2D eigenvalue weighted by atomic mass is 9.82. The predicted molar refractivity (Wildman–Crippen MR) is 273 cm³/mol. The summed E-state index contributed by atoms with van der Waals surface area (Å²) < 4.78 is 2.52. The van der Waals surface area contributed by atoms with E-state index in [2.05, 4.69) is 231 Å². The van der Waals surface area contributed by atoms with Crippen molar-refractivity contribution in [1.29, 1.82) is 0 Å². The number of nitrogens with zero attached hydrogens (tertiary/aromatic N) is 3. The fourth-order valence-electron chi connectivity index (χ4n) is 11.9. The number of para-hydroxylation sites is 1. The van der Waals surface area contributed by atoms with E-state index in [9.17, 15) is 0 Å². The van der Waals surface area contributed by atoms with Gasteiger partial charge in [-0.1, -0.05) is 178 Å². The first-order chi connectivity index (χ1) is 31.9. The van der Waals surface area contributed by atoms with Crippen molar-refractivity contribution in [3.63, 3.8) is 0 Å². The van der Waals surface area contributed by atoms with Gasteiger partial charge >= 0.3 is 0 Å². The second kappa shape index (κ2) is 13.3.